The zero-order chi connectivity index (χ0) is 18.5. The van der Waals surface area contributed by atoms with Gasteiger partial charge in [-0.1, -0.05) is 0 Å². The summed E-state index contributed by atoms with van der Waals surface area (Å²) in [7, 11) is 0. The Labute approximate surface area is 152 Å². The van der Waals surface area contributed by atoms with Crippen molar-refractivity contribution in [3.63, 3.8) is 0 Å². The number of hydrogen-bond donors (Lipinski definition) is 1. The highest BCUT2D eigenvalue weighted by Gasteiger charge is 2.24. The summed E-state index contributed by atoms with van der Waals surface area (Å²) in [4.78, 5) is 43.2. The molecule has 2 aromatic rings. The summed E-state index contributed by atoms with van der Waals surface area (Å²) < 4.78 is 0. The lowest BCUT2D eigenvalue weighted by atomic mass is 10.1. The molecule has 0 saturated carbocycles. The molecule has 3 heterocycles. The second-order valence-corrected chi connectivity index (χ2v) is 6.40. The molecule has 8 heteroatoms. The standard InChI is InChI=1S/C18H22N6O2/c1-12-15(10-21-13(2)22-12)18(26)24-8-3-4-14(5-9-24)23-17(25)16-11-19-6-7-20-16/h6-7,10-11,14H,3-5,8-9H2,1-2H3,(H,23,25)/t14-/m0/s1. The second-order valence-electron chi connectivity index (χ2n) is 6.40. The average Bonchev–Trinajstić information content (AvgIpc) is 2.87. The molecule has 0 aliphatic carbocycles. The lowest BCUT2D eigenvalue weighted by molar-refractivity contribution is 0.0759. The van der Waals surface area contributed by atoms with Crippen LogP contribution in [0.4, 0.5) is 0 Å². The van der Waals surface area contributed by atoms with Gasteiger partial charge in [0, 0.05) is 37.7 Å². The highest BCUT2D eigenvalue weighted by Crippen LogP contribution is 2.15. The lowest BCUT2D eigenvalue weighted by Crippen LogP contribution is -2.37. The maximum Gasteiger partial charge on any atom is 0.271 e. The zero-order valence-corrected chi connectivity index (χ0v) is 15.0. The van der Waals surface area contributed by atoms with Gasteiger partial charge in [0.25, 0.3) is 11.8 Å². The van der Waals surface area contributed by atoms with Gasteiger partial charge in [-0.25, -0.2) is 15.0 Å². The molecule has 1 aliphatic heterocycles. The molecule has 2 amide bonds. The van der Waals surface area contributed by atoms with Crippen LogP contribution in [-0.2, 0) is 0 Å². The topological polar surface area (TPSA) is 101 Å². The summed E-state index contributed by atoms with van der Waals surface area (Å²) in [6.07, 6.45) is 8.41. The number of rotatable bonds is 3. The maximum atomic E-state index is 12.8. The maximum absolute atomic E-state index is 12.8. The van der Waals surface area contributed by atoms with E-state index < -0.39 is 0 Å². The van der Waals surface area contributed by atoms with Crippen molar-refractivity contribution in [1.82, 2.24) is 30.2 Å². The van der Waals surface area contributed by atoms with Crippen LogP contribution in [0.5, 0.6) is 0 Å². The van der Waals surface area contributed by atoms with Crippen LogP contribution in [-0.4, -0.2) is 55.8 Å². The number of nitrogens with zero attached hydrogens (tertiary/aromatic N) is 5. The smallest absolute Gasteiger partial charge is 0.271 e. The molecule has 1 saturated heterocycles. The van der Waals surface area contributed by atoms with E-state index in [4.69, 9.17) is 0 Å². The molecule has 0 spiro atoms. The van der Waals surface area contributed by atoms with Crippen LogP contribution in [0.15, 0.2) is 24.8 Å². The molecule has 1 aliphatic rings. The third kappa shape index (κ3) is 4.19. The number of amides is 2. The number of hydrogen-bond acceptors (Lipinski definition) is 6. The molecular formula is C18H22N6O2. The normalized spacial score (nSPS) is 17.5. The summed E-state index contributed by atoms with van der Waals surface area (Å²) >= 11 is 0. The van der Waals surface area contributed by atoms with Crippen molar-refractivity contribution < 1.29 is 9.59 Å². The molecule has 1 fully saturated rings. The van der Waals surface area contributed by atoms with Crippen LogP contribution >= 0.6 is 0 Å². The second kappa shape index (κ2) is 7.99. The number of likely N-dealkylation sites (tertiary alicyclic amines) is 1. The predicted octanol–water partition coefficient (Wildman–Crippen LogP) is 1.31. The molecule has 1 N–H and O–H groups in total. The van der Waals surface area contributed by atoms with Crippen LogP contribution in [0.3, 0.4) is 0 Å². The molecule has 0 unspecified atom stereocenters. The van der Waals surface area contributed by atoms with Crippen molar-refractivity contribution in [2.24, 2.45) is 0 Å². The number of nitrogens with one attached hydrogen (secondary N) is 1. The van der Waals surface area contributed by atoms with Gasteiger partial charge < -0.3 is 10.2 Å². The summed E-state index contributed by atoms with van der Waals surface area (Å²) in [6.45, 7) is 4.86. The first-order valence-electron chi connectivity index (χ1n) is 8.71. The van der Waals surface area contributed by atoms with Crippen LogP contribution in [0, 0.1) is 13.8 Å². The van der Waals surface area contributed by atoms with Gasteiger partial charge >= 0.3 is 0 Å². The molecular weight excluding hydrogens is 332 g/mol. The Bertz CT molecular complexity index is 796. The fourth-order valence-electron chi connectivity index (χ4n) is 3.08. The largest absolute Gasteiger partial charge is 0.348 e. The third-order valence-corrected chi connectivity index (χ3v) is 4.48. The Morgan fingerprint density at radius 1 is 1.12 bits per heavy atom. The number of carbonyl (C=O) groups excluding carboxylic acids is 2. The summed E-state index contributed by atoms with van der Waals surface area (Å²) in [5.74, 6) is 0.371. The molecule has 1 atom stereocenters. The van der Waals surface area contributed by atoms with Crippen molar-refractivity contribution in [2.45, 2.75) is 39.2 Å². The van der Waals surface area contributed by atoms with Gasteiger partial charge in [-0.3, -0.25) is 14.6 Å². The van der Waals surface area contributed by atoms with Crippen LogP contribution in [0.2, 0.25) is 0 Å². The van der Waals surface area contributed by atoms with Gasteiger partial charge in [0.2, 0.25) is 0 Å². The van der Waals surface area contributed by atoms with E-state index in [1.807, 2.05) is 11.8 Å². The first kappa shape index (κ1) is 17.9. The lowest BCUT2D eigenvalue weighted by Gasteiger charge is -2.21. The van der Waals surface area contributed by atoms with E-state index in [1.165, 1.54) is 18.6 Å². The van der Waals surface area contributed by atoms with E-state index in [0.717, 1.165) is 12.8 Å². The van der Waals surface area contributed by atoms with Gasteiger partial charge in [-0.2, -0.15) is 0 Å². The number of carbonyl (C=O) groups is 2. The summed E-state index contributed by atoms with van der Waals surface area (Å²) in [5.41, 5.74) is 1.54. The van der Waals surface area contributed by atoms with Gasteiger partial charge in [0.1, 0.15) is 11.5 Å². The molecule has 0 radical (unpaired) electrons. The van der Waals surface area contributed by atoms with Crippen LogP contribution in [0.1, 0.15) is 51.6 Å². The predicted molar refractivity (Wildman–Crippen MR) is 94.5 cm³/mol. The molecule has 0 aromatic carbocycles. The van der Waals surface area contributed by atoms with E-state index in [1.54, 1.807) is 13.1 Å². The van der Waals surface area contributed by atoms with E-state index in [2.05, 4.69) is 25.3 Å². The first-order valence-corrected chi connectivity index (χ1v) is 8.71. The Hall–Kier alpha value is -2.90. The van der Waals surface area contributed by atoms with Crippen molar-refractivity contribution in [3.05, 3.63) is 47.6 Å². The van der Waals surface area contributed by atoms with E-state index >= 15 is 0 Å². The number of aryl methyl sites for hydroxylation is 2. The first-order chi connectivity index (χ1) is 12.5. The van der Waals surface area contributed by atoms with Crippen LogP contribution < -0.4 is 5.32 Å². The van der Waals surface area contributed by atoms with Crippen molar-refractivity contribution in [2.75, 3.05) is 13.1 Å². The Morgan fingerprint density at radius 2 is 1.96 bits per heavy atom. The van der Waals surface area contributed by atoms with Gasteiger partial charge in [0.05, 0.1) is 17.5 Å². The molecule has 8 nitrogen and oxygen atoms in total. The van der Waals surface area contributed by atoms with Crippen molar-refractivity contribution in [1.29, 1.82) is 0 Å². The monoisotopic (exact) mass is 354 g/mol. The van der Waals surface area contributed by atoms with E-state index in [9.17, 15) is 9.59 Å². The molecule has 26 heavy (non-hydrogen) atoms. The van der Waals surface area contributed by atoms with Gasteiger partial charge in [0.15, 0.2) is 0 Å². The fourth-order valence-corrected chi connectivity index (χ4v) is 3.08. The minimum absolute atomic E-state index is 0.0117. The van der Waals surface area contributed by atoms with Crippen molar-refractivity contribution in [3.8, 4) is 0 Å². The Balaban J connectivity index is 1.61. The highest BCUT2D eigenvalue weighted by atomic mass is 16.2. The van der Waals surface area contributed by atoms with Gasteiger partial charge in [-0.15, -0.1) is 0 Å². The van der Waals surface area contributed by atoms with E-state index in [0.29, 0.717) is 42.3 Å². The average molecular weight is 354 g/mol. The zero-order valence-electron chi connectivity index (χ0n) is 15.0. The van der Waals surface area contributed by atoms with Crippen molar-refractivity contribution >= 4 is 11.8 Å². The Morgan fingerprint density at radius 3 is 2.69 bits per heavy atom. The van der Waals surface area contributed by atoms with Gasteiger partial charge in [-0.05, 0) is 33.1 Å². The Kier molecular flexibility index (Phi) is 5.50. The SMILES string of the molecule is Cc1ncc(C(=O)N2CCC[C@H](NC(=O)c3cnccn3)CC2)c(C)n1. The summed E-state index contributed by atoms with van der Waals surface area (Å²) in [5, 5.41) is 2.99. The fraction of sp³-hybridized carbons (Fsp3) is 0.444. The molecule has 3 rings (SSSR count). The minimum Gasteiger partial charge on any atom is -0.348 e. The minimum atomic E-state index is -0.231. The van der Waals surface area contributed by atoms with E-state index in [-0.39, 0.29) is 17.9 Å². The highest BCUT2D eigenvalue weighted by molar-refractivity contribution is 5.95. The quantitative estimate of drug-likeness (QED) is 0.892. The number of aromatic nitrogens is 4. The summed E-state index contributed by atoms with van der Waals surface area (Å²) in [6, 6.07) is 0.0117. The van der Waals surface area contributed by atoms with Crippen LogP contribution in [0.25, 0.3) is 0 Å². The molecule has 2 aromatic heterocycles. The molecule has 136 valence electrons. The molecule has 0 bridgehead atoms. The third-order valence-electron chi connectivity index (χ3n) is 4.48.